The molecule has 0 aliphatic heterocycles. The summed E-state index contributed by atoms with van der Waals surface area (Å²) >= 11 is 0. The molecule has 0 spiro atoms. The third-order valence-corrected chi connectivity index (χ3v) is 5.94. The molecule has 0 aromatic heterocycles. The number of hydrogen-bond acceptors (Lipinski definition) is 6. The molecule has 3 aromatic carbocycles. The van der Waals surface area contributed by atoms with Gasteiger partial charge in [0.25, 0.3) is 0 Å². The second-order valence-electron chi connectivity index (χ2n) is 8.85. The lowest BCUT2D eigenvalue weighted by molar-refractivity contribution is -0.192. The molecule has 10 nitrogen and oxygen atoms in total. The zero-order valence-electron chi connectivity index (χ0n) is 23.3. The Morgan fingerprint density at radius 2 is 1.70 bits per heavy atom. The van der Waals surface area contributed by atoms with Gasteiger partial charge in [-0.3, -0.25) is 15.1 Å². The van der Waals surface area contributed by atoms with Gasteiger partial charge in [0.15, 0.2) is 0 Å². The Bertz CT molecular complexity index is 1490. The number of nitrogen functional groups attached to an aromatic ring is 1. The first-order valence-corrected chi connectivity index (χ1v) is 12.9. The van der Waals surface area contributed by atoms with E-state index in [2.05, 4.69) is 11.4 Å². The quantitative estimate of drug-likeness (QED) is 0.195. The summed E-state index contributed by atoms with van der Waals surface area (Å²) < 4.78 is 36.9. The van der Waals surface area contributed by atoms with Crippen LogP contribution in [0.2, 0.25) is 0 Å². The zero-order chi connectivity index (χ0) is 32.2. The third-order valence-electron chi connectivity index (χ3n) is 5.94. The van der Waals surface area contributed by atoms with Crippen molar-refractivity contribution in [3.05, 3.63) is 89.5 Å². The predicted molar refractivity (Wildman–Crippen MR) is 153 cm³/mol. The van der Waals surface area contributed by atoms with E-state index in [1.165, 1.54) is 4.90 Å². The number of benzene rings is 3. The summed E-state index contributed by atoms with van der Waals surface area (Å²) in [6.07, 6.45) is -5.45. The van der Waals surface area contributed by atoms with Gasteiger partial charge in [-0.15, -0.1) is 0 Å². The molecule has 0 bridgehead atoms. The molecule has 1 atom stereocenters. The summed E-state index contributed by atoms with van der Waals surface area (Å²) in [6, 6.07) is 22.9. The van der Waals surface area contributed by atoms with Gasteiger partial charge in [-0.1, -0.05) is 48.5 Å². The summed E-state index contributed by atoms with van der Waals surface area (Å²) in [6.45, 7) is 3.95. The Labute approximate surface area is 246 Å². The molecule has 0 saturated carbocycles. The van der Waals surface area contributed by atoms with Crippen LogP contribution >= 0.6 is 0 Å². The van der Waals surface area contributed by atoms with Crippen molar-refractivity contribution < 1.29 is 37.4 Å². The van der Waals surface area contributed by atoms with Crippen LogP contribution in [-0.2, 0) is 20.7 Å². The van der Waals surface area contributed by atoms with E-state index in [4.69, 9.17) is 25.8 Å². The van der Waals surface area contributed by atoms with Crippen molar-refractivity contribution >= 4 is 29.5 Å². The average molecular weight is 598 g/mol. The van der Waals surface area contributed by atoms with Gasteiger partial charge in [-0.25, -0.2) is 9.59 Å². The number of amidine groups is 1. The number of carbonyl (C=O) groups is 3. The number of carboxylic acids is 1. The molecule has 3 aromatic rings. The van der Waals surface area contributed by atoms with Gasteiger partial charge in [-0.2, -0.15) is 18.4 Å². The van der Waals surface area contributed by atoms with Crippen LogP contribution in [0.1, 0.15) is 30.5 Å². The number of nitrogens with two attached hydrogens (primary N) is 1. The van der Waals surface area contributed by atoms with Crippen LogP contribution in [0.15, 0.2) is 72.8 Å². The van der Waals surface area contributed by atoms with Crippen molar-refractivity contribution in [3.8, 4) is 17.2 Å². The molecule has 0 aliphatic carbocycles. The van der Waals surface area contributed by atoms with Crippen LogP contribution in [0.5, 0.6) is 0 Å². The summed E-state index contributed by atoms with van der Waals surface area (Å²) in [7, 11) is 0. The number of anilines is 1. The number of ether oxygens (including phenoxy) is 1. The molecule has 13 heteroatoms. The summed E-state index contributed by atoms with van der Waals surface area (Å²) in [4.78, 5) is 36.4. The third kappa shape index (κ3) is 9.89. The highest BCUT2D eigenvalue weighted by atomic mass is 19.4. The molecule has 2 amide bonds. The lowest BCUT2D eigenvalue weighted by Crippen LogP contribution is -2.48. The first kappa shape index (κ1) is 33.8. The number of likely N-dealkylation sites (N-methyl/N-ethyl adjacent to an activating group) is 1. The molecule has 0 heterocycles. The van der Waals surface area contributed by atoms with Crippen molar-refractivity contribution in [1.82, 2.24) is 4.90 Å². The molecule has 5 N–H and O–H groups in total. The Morgan fingerprint density at radius 1 is 1.07 bits per heavy atom. The van der Waals surface area contributed by atoms with E-state index >= 15 is 0 Å². The summed E-state index contributed by atoms with van der Waals surface area (Å²) in [5, 5.41) is 27.1. The normalized spacial score (nSPS) is 11.2. The van der Waals surface area contributed by atoms with Gasteiger partial charge < -0.3 is 20.9 Å². The van der Waals surface area contributed by atoms with E-state index < -0.39 is 24.3 Å². The minimum atomic E-state index is -5.08. The average Bonchev–Trinajstić information content (AvgIpc) is 2.97. The number of nitrogens with one attached hydrogen (secondary N) is 2. The number of halogens is 3. The Balaban J connectivity index is 0.000000821. The maximum absolute atomic E-state index is 13.4. The van der Waals surface area contributed by atoms with E-state index in [1.807, 2.05) is 36.4 Å². The molecular formula is C30H30F3N5O5. The number of hydrogen-bond donors (Lipinski definition) is 4. The van der Waals surface area contributed by atoms with E-state index in [0.29, 0.717) is 16.8 Å². The smallest absolute Gasteiger partial charge is 0.475 e. The molecule has 3 rings (SSSR count). The van der Waals surface area contributed by atoms with Gasteiger partial charge in [0.2, 0.25) is 5.91 Å². The maximum Gasteiger partial charge on any atom is 0.490 e. The number of alkyl halides is 3. The number of nitriles is 1. The Morgan fingerprint density at radius 3 is 2.23 bits per heavy atom. The molecule has 0 saturated heterocycles. The minimum absolute atomic E-state index is 0.0753. The SMILES string of the molecule is CCOC(=O)N(CC)[C@@H](Cc1cccc(C(=N)N)c1)C(=O)Nc1ccc(-c2ccccc2C#N)cc1.O=C(O)C(F)(F)F. The van der Waals surface area contributed by atoms with E-state index in [9.17, 15) is 28.0 Å². The molecule has 0 fully saturated rings. The van der Waals surface area contributed by atoms with Crippen LogP contribution in [0.25, 0.3) is 11.1 Å². The lowest BCUT2D eigenvalue weighted by atomic mass is 10.00. The molecule has 0 aliphatic rings. The van der Waals surface area contributed by atoms with Crippen molar-refractivity contribution in [1.29, 1.82) is 10.7 Å². The van der Waals surface area contributed by atoms with Crippen molar-refractivity contribution in [2.45, 2.75) is 32.5 Å². The second-order valence-corrected chi connectivity index (χ2v) is 8.85. The number of carboxylic acid groups (broad SMARTS) is 1. The van der Waals surface area contributed by atoms with E-state index in [1.54, 1.807) is 50.2 Å². The fourth-order valence-electron chi connectivity index (χ4n) is 3.91. The van der Waals surface area contributed by atoms with Crippen molar-refractivity contribution in [3.63, 3.8) is 0 Å². The van der Waals surface area contributed by atoms with E-state index in [-0.39, 0.29) is 31.3 Å². The molecule has 43 heavy (non-hydrogen) atoms. The summed E-state index contributed by atoms with van der Waals surface area (Å²) in [5.41, 5.74) is 9.70. The van der Waals surface area contributed by atoms with Crippen LogP contribution in [0.4, 0.5) is 23.7 Å². The molecule has 0 unspecified atom stereocenters. The first-order chi connectivity index (χ1) is 20.3. The highest BCUT2D eigenvalue weighted by Gasteiger charge is 2.38. The number of rotatable bonds is 9. The molecule has 226 valence electrons. The minimum Gasteiger partial charge on any atom is -0.475 e. The van der Waals surface area contributed by atoms with Crippen LogP contribution < -0.4 is 11.1 Å². The number of carbonyl (C=O) groups excluding carboxylic acids is 2. The van der Waals surface area contributed by atoms with Gasteiger partial charge >= 0.3 is 18.2 Å². The topological polar surface area (TPSA) is 170 Å². The van der Waals surface area contributed by atoms with Gasteiger partial charge in [0.1, 0.15) is 11.9 Å². The maximum atomic E-state index is 13.4. The highest BCUT2D eigenvalue weighted by Crippen LogP contribution is 2.25. The predicted octanol–water partition coefficient (Wildman–Crippen LogP) is 5.17. The second kappa shape index (κ2) is 15.6. The standard InChI is InChI=1S/C28H29N5O3.C2HF3O2/c1-3-33(28(35)36-4-2)25(17-19-8-7-10-21(16-19)26(30)31)27(34)32-23-14-12-20(13-15-23)24-11-6-5-9-22(24)18-29;3-2(4,5)1(6)7/h5-16,25H,3-4,17H2,1-2H3,(H3,30,31)(H,32,34);(H,6,7)/t25-;/m0./s1. The number of nitrogens with zero attached hydrogens (tertiary/aromatic N) is 2. The van der Waals surface area contributed by atoms with E-state index in [0.717, 1.165) is 16.7 Å². The zero-order valence-corrected chi connectivity index (χ0v) is 23.3. The Kier molecular flexibility index (Phi) is 12.3. The lowest BCUT2D eigenvalue weighted by Gasteiger charge is -2.29. The summed E-state index contributed by atoms with van der Waals surface area (Å²) in [5.74, 6) is -3.20. The number of amides is 2. The van der Waals surface area contributed by atoms with Crippen LogP contribution in [-0.4, -0.2) is 59.2 Å². The van der Waals surface area contributed by atoms with Crippen molar-refractivity contribution in [2.24, 2.45) is 5.73 Å². The number of aliphatic carboxylic acids is 1. The van der Waals surface area contributed by atoms with Gasteiger partial charge in [0, 0.05) is 24.2 Å². The molecule has 0 radical (unpaired) electrons. The monoisotopic (exact) mass is 597 g/mol. The Hall–Kier alpha value is -5.38. The van der Waals surface area contributed by atoms with Gasteiger partial charge in [0.05, 0.1) is 18.2 Å². The first-order valence-electron chi connectivity index (χ1n) is 12.9. The van der Waals surface area contributed by atoms with Crippen LogP contribution in [0.3, 0.4) is 0 Å². The fraction of sp³-hybridized carbons (Fsp3) is 0.233. The van der Waals surface area contributed by atoms with Crippen molar-refractivity contribution in [2.75, 3.05) is 18.5 Å². The van der Waals surface area contributed by atoms with Gasteiger partial charge in [-0.05, 0) is 54.8 Å². The molecular weight excluding hydrogens is 567 g/mol. The van der Waals surface area contributed by atoms with Crippen LogP contribution in [0, 0.1) is 16.7 Å². The fourth-order valence-corrected chi connectivity index (χ4v) is 3.91. The largest absolute Gasteiger partial charge is 0.490 e. The highest BCUT2D eigenvalue weighted by molar-refractivity contribution is 5.97.